The van der Waals surface area contributed by atoms with Crippen molar-refractivity contribution in [2.45, 2.75) is 33.3 Å². The summed E-state index contributed by atoms with van der Waals surface area (Å²) in [5, 5.41) is 0. The van der Waals surface area contributed by atoms with E-state index in [1.54, 1.807) is 6.07 Å². The zero-order chi connectivity index (χ0) is 10.6. The van der Waals surface area contributed by atoms with Crippen LogP contribution in [0.2, 0.25) is 0 Å². The molecule has 1 radical (unpaired) electrons. The maximum atomic E-state index is 5.68. The predicted octanol–water partition coefficient (Wildman–Crippen LogP) is 3.06. The summed E-state index contributed by atoms with van der Waals surface area (Å²) in [5.74, 6) is 1.60. The molecule has 0 N–H and O–H groups in total. The molecule has 14 heavy (non-hydrogen) atoms. The van der Waals surface area contributed by atoms with Crippen molar-refractivity contribution < 1.29 is 9.47 Å². The normalized spacial score (nSPS) is 11.1. The number of hydrogen-bond donors (Lipinski definition) is 0. The lowest BCUT2D eigenvalue weighted by Gasteiger charge is -2.21. The van der Waals surface area contributed by atoms with Crippen molar-refractivity contribution in [1.29, 1.82) is 0 Å². The first-order valence-corrected chi connectivity index (χ1v) is 4.84. The van der Waals surface area contributed by atoms with Crippen LogP contribution in [0.25, 0.3) is 0 Å². The molecular formula is C12H17O2. The predicted molar refractivity (Wildman–Crippen MR) is 56.8 cm³/mol. The molecule has 0 atom stereocenters. The molecule has 0 unspecified atom stereocenters. The van der Waals surface area contributed by atoms with Crippen LogP contribution in [-0.4, -0.2) is 12.2 Å². The van der Waals surface area contributed by atoms with E-state index in [4.69, 9.17) is 9.47 Å². The van der Waals surface area contributed by atoms with Crippen molar-refractivity contribution in [2.75, 3.05) is 6.61 Å². The molecule has 0 aromatic heterocycles. The van der Waals surface area contributed by atoms with Crippen molar-refractivity contribution in [2.24, 2.45) is 0 Å². The Bertz CT molecular complexity index is 287. The highest BCUT2D eigenvalue weighted by atomic mass is 16.5. The molecule has 0 aliphatic carbocycles. The summed E-state index contributed by atoms with van der Waals surface area (Å²) in [7, 11) is 0. The number of ether oxygens (including phenoxy) is 2. The van der Waals surface area contributed by atoms with Crippen LogP contribution < -0.4 is 9.47 Å². The van der Waals surface area contributed by atoms with Gasteiger partial charge in [0.05, 0.1) is 6.61 Å². The summed E-state index contributed by atoms with van der Waals surface area (Å²) >= 11 is 0. The molecule has 0 bridgehead atoms. The molecule has 0 heterocycles. The van der Waals surface area contributed by atoms with Gasteiger partial charge in [-0.2, -0.15) is 0 Å². The number of hydrogen-bond acceptors (Lipinski definition) is 2. The van der Waals surface area contributed by atoms with Crippen LogP contribution >= 0.6 is 0 Å². The molecule has 2 heteroatoms. The first kappa shape index (κ1) is 10.9. The molecule has 2 nitrogen and oxygen atoms in total. The quantitative estimate of drug-likeness (QED) is 0.734. The SMILES string of the molecule is CCOc1c[c]cc(OC(C)(C)C)c1. The van der Waals surface area contributed by atoms with Crippen LogP contribution in [0.1, 0.15) is 27.7 Å². The highest BCUT2D eigenvalue weighted by Crippen LogP contribution is 2.22. The Hall–Kier alpha value is -1.18. The Kier molecular flexibility index (Phi) is 3.39. The third-order valence-corrected chi connectivity index (χ3v) is 1.47. The lowest BCUT2D eigenvalue weighted by atomic mass is 10.2. The molecule has 1 rings (SSSR count). The van der Waals surface area contributed by atoms with Crippen LogP contribution in [0.3, 0.4) is 0 Å². The first-order valence-electron chi connectivity index (χ1n) is 4.84. The summed E-state index contributed by atoms with van der Waals surface area (Å²) in [6, 6.07) is 8.49. The average molecular weight is 193 g/mol. The van der Waals surface area contributed by atoms with Crippen LogP contribution in [0.5, 0.6) is 11.5 Å². The van der Waals surface area contributed by atoms with Gasteiger partial charge >= 0.3 is 0 Å². The minimum atomic E-state index is -0.182. The van der Waals surface area contributed by atoms with E-state index in [0.29, 0.717) is 6.61 Å². The summed E-state index contributed by atoms with van der Waals surface area (Å²) in [6.07, 6.45) is 0. The second kappa shape index (κ2) is 4.36. The Balaban J connectivity index is 2.73. The average Bonchev–Trinajstić information content (AvgIpc) is 2.02. The Labute approximate surface area is 85.8 Å². The molecule has 0 aliphatic rings. The fourth-order valence-corrected chi connectivity index (χ4v) is 1.09. The summed E-state index contributed by atoms with van der Waals surface area (Å²) in [4.78, 5) is 0. The van der Waals surface area contributed by atoms with E-state index in [1.807, 2.05) is 39.8 Å². The van der Waals surface area contributed by atoms with Gasteiger partial charge in [-0.15, -0.1) is 0 Å². The summed E-state index contributed by atoms with van der Waals surface area (Å²) < 4.78 is 11.0. The lowest BCUT2D eigenvalue weighted by molar-refractivity contribution is 0.130. The minimum absolute atomic E-state index is 0.182. The van der Waals surface area contributed by atoms with Gasteiger partial charge in [-0.05, 0) is 45.9 Å². The smallest absolute Gasteiger partial charge is 0.124 e. The van der Waals surface area contributed by atoms with Gasteiger partial charge in [0.15, 0.2) is 0 Å². The van der Waals surface area contributed by atoms with E-state index in [2.05, 4.69) is 6.07 Å². The monoisotopic (exact) mass is 193 g/mol. The van der Waals surface area contributed by atoms with Crippen molar-refractivity contribution in [3.05, 3.63) is 24.3 Å². The molecule has 0 spiro atoms. The maximum absolute atomic E-state index is 5.68. The third-order valence-electron chi connectivity index (χ3n) is 1.47. The lowest BCUT2D eigenvalue weighted by Crippen LogP contribution is -2.22. The van der Waals surface area contributed by atoms with Gasteiger partial charge < -0.3 is 9.47 Å². The van der Waals surface area contributed by atoms with Crippen LogP contribution in [0.4, 0.5) is 0 Å². The fraction of sp³-hybridized carbons (Fsp3) is 0.500. The van der Waals surface area contributed by atoms with E-state index < -0.39 is 0 Å². The zero-order valence-electron chi connectivity index (χ0n) is 9.26. The molecule has 1 aromatic carbocycles. The van der Waals surface area contributed by atoms with E-state index in [0.717, 1.165) is 11.5 Å². The molecule has 0 amide bonds. The van der Waals surface area contributed by atoms with Crippen molar-refractivity contribution in [3.63, 3.8) is 0 Å². The number of rotatable bonds is 3. The molecule has 0 aliphatic heterocycles. The standard InChI is InChI=1S/C12H17O2/c1-5-13-10-7-6-8-11(9-10)14-12(2,3)4/h7-9H,5H2,1-4H3. The van der Waals surface area contributed by atoms with Crippen LogP contribution in [0, 0.1) is 6.07 Å². The number of benzene rings is 1. The molecule has 1 aromatic rings. The maximum Gasteiger partial charge on any atom is 0.124 e. The van der Waals surface area contributed by atoms with Gasteiger partial charge in [0, 0.05) is 6.07 Å². The molecule has 0 fully saturated rings. The van der Waals surface area contributed by atoms with E-state index in [1.165, 1.54) is 0 Å². The van der Waals surface area contributed by atoms with Crippen LogP contribution in [0.15, 0.2) is 18.2 Å². The molecular weight excluding hydrogens is 176 g/mol. The van der Waals surface area contributed by atoms with Crippen molar-refractivity contribution >= 4 is 0 Å². The van der Waals surface area contributed by atoms with Crippen LogP contribution in [-0.2, 0) is 0 Å². The third kappa shape index (κ3) is 3.69. The highest BCUT2D eigenvalue weighted by molar-refractivity contribution is 5.32. The van der Waals surface area contributed by atoms with E-state index in [9.17, 15) is 0 Å². The Morgan fingerprint density at radius 2 is 1.86 bits per heavy atom. The first-order chi connectivity index (χ1) is 6.51. The van der Waals surface area contributed by atoms with E-state index >= 15 is 0 Å². The highest BCUT2D eigenvalue weighted by Gasteiger charge is 2.11. The largest absolute Gasteiger partial charge is 0.494 e. The van der Waals surface area contributed by atoms with Crippen molar-refractivity contribution in [1.82, 2.24) is 0 Å². The molecule has 0 saturated heterocycles. The zero-order valence-corrected chi connectivity index (χ0v) is 9.26. The molecule has 77 valence electrons. The fourth-order valence-electron chi connectivity index (χ4n) is 1.09. The topological polar surface area (TPSA) is 18.5 Å². The Morgan fingerprint density at radius 1 is 1.21 bits per heavy atom. The van der Waals surface area contributed by atoms with E-state index in [-0.39, 0.29) is 5.60 Å². The van der Waals surface area contributed by atoms with Gasteiger partial charge in [0.25, 0.3) is 0 Å². The van der Waals surface area contributed by atoms with Crippen molar-refractivity contribution in [3.8, 4) is 11.5 Å². The minimum Gasteiger partial charge on any atom is -0.494 e. The summed E-state index contributed by atoms with van der Waals surface area (Å²) in [6.45, 7) is 8.66. The van der Waals surface area contributed by atoms with Gasteiger partial charge in [0.2, 0.25) is 0 Å². The van der Waals surface area contributed by atoms with Gasteiger partial charge in [-0.3, -0.25) is 0 Å². The molecule has 0 saturated carbocycles. The Morgan fingerprint density at radius 3 is 2.43 bits per heavy atom. The van der Waals surface area contributed by atoms with Gasteiger partial charge in [-0.1, -0.05) is 0 Å². The second-order valence-corrected chi connectivity index (χ2v) is 4.05. The van der Waals surface area contributed by atoms with Gasteiger partial charge in [-0.25, -0.2) is 0 Å². The van der Waals surface area contributed by atoms with Gasteiger partial charge in [0.1, 0.15) is 17.1 Å². The second-order valence-electron chi connectivity index (χ2n) is 4.05. The summed E-state index contributed by atoms with van der Waals surface area (Å²) in [5.41, 5.74) is -0.182.